The van der Waals surface area contributed by atoms with Crippen LogP contribution >= 0.6 is 20.0 Å². The van der Waals surface area contributed by atoms with E-state index in [1.807, 2.05) is 22.8 Å². The van der Waals surface area contributed by atoms with Gasteiger partial charge in [0.05, 0.1) is 29.3 Å². The Morgan fingerprint density at radius 3 is 2.77 bits per heavy atom. The Kier molecular flexibility index (Phi) is 7.16. The van der Waals surface area contributed by atoms with E-state index in [0.717, 1.165) is 35.1 Å². The Balaban J connectivity index is 1.94. The Hall–Kier alpha value is -3.33. The van der Waals surface area contributed by atoms with Crippen molar-refractivity contribution < 1.29 is 24.0 Å². The van der Waals surface area contributed by atoms with Crippen molar-refractivity contribution in [3.8, 4) is 11.5 Å². The fourth-order valence-corrected chi connectivity index (χ4v) is 4.53. The number of hydrogen-bond donors (Lipinski definition) is 4. The van der Waals surface area contributed by atoms with Gasteiger partial charge in [-0.1, -0.05) is 37.6 Å². The zero-order valence-corrected chi connectivity index (χ0v) is 20.6. The highest BCUT2D eigenvalue weighted by Gasteiger charge is 2.24. The topological polar surface area (TPSA) is 156 Å². The zero-order valence-electron chi connectivity index (χ0n) is 18.9. The van der Waals surface area contributed by atoms with Crippen molar-refractivity contribution in [3.63, 3.8) is 0 Å². The summed E-state index contributed by atoms with van der Waals surface area (Å²) < 4.78 is 18.3. The number of benzene rings is 2. The van der Waals surface area contributed by atoms with Gasteiger partial charge in [0.1, 0.15) is 11.3 Å². The van der Waals surface area contributed by atoms with Crippen LogP contribution in [0.15, 0.2) is 41.4 Å². The molecule has 0 spiro atoms. The number of aromatic hydroxyl groups is 1. The number of hydrogen-bond acceptors (Lipinski definition) is 8. The molecule has 4 rings (SSSR count). The Labute approximate surface area is 206 Å². The molecule has 12 heteroatoms. The predicted octanol–water partition coefficient (Wildman–Crippen LogP) is 4.34. The molecular formula is C23H24N5O5PS. The van der Waals surface area contributed by atoms with E-state index in [0.29, 0.717) is 29.6 Å². The molecule has 10 nitrogen and oxygen atoms in total. The summed E-state index contributed by atoms with van der Waals surface area (Å²) in [6.07, 6.45) is 2.47. The molecule has 2 heterocycles. The van der Waals surface area contributed by atoms with Gasteiger partial charge in [0, 0.05) is 17.4 Å². The lowest BCUT2D eigenvalue weighted by Crippen LogP contribution is -2.07. The molecule has 0 fully saturated rings. The number of aryl methyl sites for hydroxylation is 1. The average molecular weight is 514 g/mol. The summed E-state index contributed by atoms with van der Waals surface area (Å²) in [5, 5.41) is 13.4. The second-order valence-corrected chi connectivity index (χ2v) is 9.36. The van der Waals surface area contributed by atoms with E-state index < -0.39 is 7.82 Å². The number of aliphatic imine (C=N–C) groups is 1. The van der Waals surface area contributed by atoms with Gasteiger partial charge in [-0.3, -0.25) is 9.79 Å². The monoisotopic (exact) mass is 513 g/mol. The van der Waals surface area contributed by atoms with E-state index in [2.05, 4.69) is 34.3 Å². The molecule has 0 unspecified atom stereocenters. The first-order chi connectivity index (χ1) is 16.7. The SMILES string of the molecule is CCCCc1nc2c(N)nc3cc(CN=C=S)ccc3c2n1Cc1cccc(O)c1OP(=O)(O)O. The second kappa shape index (κ2) is 10.1. The van der Waals surface area contributed by atoms with E-state index in [9.17, 15) is 19.5 Å². The fraction of sp³-hybridized carbons (Fsp3) is 0.261. The van der Waals surface area contributed by atoms with Crippen molar-refractivity contribution in [2.24, 2.45) is 4.99 Å². The molecule has 2 aromatic heterocycles. The number of rotatable bonds is 9. The quantitative estimate of drug-likeness (QED) is 0.145. The molecule has 0 amide bonds. The van der Waals surface area contributed by atoms with Crippen LogP contribution in [-0.2, 0) is 24.1 Å². The minimum absolute atomic E-state index is 0.134. The summed E-state index contributed by atoms with van der Waals surface area (Å²) in [4.78, 5) is 32.0. The van der Waals surface area contributed by atoms with Gasteiger partial charge in [0.15, 0.2) is 17.3 Å². The van der Waals surface area contributed by atoms with E-state index in [4.69, 9.17) is 15.2 Å². The molecule has 0 aliphatic heterocycles. The second-order valence-electron chi connectivity index (χ2n) is 8.02. The summed E-state index contributed by atoms with van der Waals surface area (Å²) in [5.74, 6) is 0.348. The van der Waals surface area contributed by atoms with Crippen LogP contribution in [0.3, 0.4) is 0 Å². The van der Waals surface area contributed by atoms with Gasteiger partial charge in [-0.15, -0.1) is 0 Å². The summed E-state index contributed by atoms with van der Waals surface area (Å²) in [7, 11) is -4.91. The number of fused-ring (bicyclic) bond motifs is 3. The number of phosphoric acid groups is 1. The van der Waals surface area contributed by atoms with Crippen LogP contribution in [0, 0.1) is 0 Å². The van der Waals surface area contributed by atoms with Crippen molar-refractivity contribution in [2.45, 2.75) is 39.3 Å². The molecule has 35 heavy (non-hydrogen) atoms. The van der Waals surface area contributed by atoms with Crippen LogP contribution in [-0.4, -0.2) is 34.6 Å². The van der Waals surface area contributed by atoms with Crippen LogP contribution < -0.4 is 10.3 Å². The molecule has 4 aromatic rings. The standard InChI is InChI=1S/C23H24N5O5PS/c1-2-3-7-19-27-20-21(16-9-8-14(11-25-13-35)10-17(16)26-23(20)24)28(19)12-15-5-4-6-18(29)22(15)33-34(30,31)32/h4-6,8-10,29H,2-3,7,11-12H2,1H3,(H2,24,26)(H2,30,31,32). The maximum absolute atomic E-state index is 11.6. The first-order valence-electron chi connectivity index (χ1n) is 10.9. The average Bonchev–Trinajstić information content (AvgIpc) is 3.16. The van der Waals surface area contributed by atoms with Gasteiger partial charge < -0.3 is 19.9 Å². The number of para-hydroxylation sites is 1. The Morgan fingerprint density at radius 2 is 2.06 bits per heavy atom. The third-order valence-corrected chi connectivity index (χ3v) is 6.09. The number of nitrogens with two attached hydrogens (primary N) is 1. The van der Waals surface area contributed by atoms with Crippen LogP contribution in [0.1, 0.15) is 36.7 Å². The van der Waals surface area contributed by atoms with Crippen molar-refractivity contribution in [3.05, 3.63) is 53.3 Å². The lowest BCUT2D eigenvalue weighted by Gasteiger charge is -2.16. The van der Waals surface area contributed by atoms with Gasteiger partial charge in [-0.05, 0) is 36.3 Å². The number of phenols is 1. The third kappa shape index (κ3) is 5.35. The number of unbranched alkanes of at least 4 members (excludes halogenated alkanes) is 1. The Morgan fingerprint density at radius 1 is 1.26 bits per heavy atom. The molecule has 182 valence electrons. The van der Waals surface area contributed by atoms with Gasteiger partial charge >= 0.3 is 7.82 Å². The van der Waals surface area contributed by atoms with Crippen molar-refractivity contribution in [1.82, 2.24) is 14.5 Å². The van der Waals surface area contributed by atoms with Crippen molar-refractivity contribution in [2.75, 3.05) is 5.73 Å². The Bertz CT molecular complexity index is 1510. The highest BCUT2D eigenvalue weighted by molar-refractivity contribution is 7.78. The molecule has 5 N–H and O–H groups in total. The number of thiocarbonyl (C=S) groups is 1. The van der Waals surface area contributed by atoms with Crippen LogP contribution in [0.5, 0.6) is 11.5 Å². The number of pyridine rings is 1. The minimum atomic E-state index is -4.91. The molecule has 0 radical (unpaired) electrons. The maximum atomic E-state index is 11.6. The van der Waals surface area contributed by atoms with E-state index >= 15 is 0 Å². The summed E-state index contributed by atoms with van der Waals surface area (Å²) in [5.41, 5.74) is 9.49. The highest BCUT2D eigenvalue weighted by atomic mass is 32.1. The lowest BCUT2D eigenvalue weighted by atomic mass is 10.1. The van der Waals surface area contributed by atoms with Crippen molar-refractivity contribution in [1.29, 1.82) is 0 Å². The number of nitrogens with zero attached hydrogens (tertiary/aromatic N) is 4. The molecule has 0 aliphatic carbocycles. The smallest absolute Gasteiger partial charge is 0.504 e. The first-order valence-corrected chi connectivity index (χ1v) is 12.8. The summed E-state index contributed by atoms with van der Waals surface area (Å²) in [6, 6.07) is 10.2. The molecule has 0 aliphatic rings. The van der Waals surface area contributed by atoms with Gasteiger partial charge in [0.25, 0.3) is 0 Å². The van der Waals surface area contributed by atoms with Crippen LogP contribution in [0.25, 0.3) is 21.9 Å². The van der Waals surface area contributed by atoms with Gasteiger partial charge in [0.2, 0.25) is 0 Å². The van der Waals surface area contributed by atoms with E-state index in [1.165, 1.54) is 6.07 Å². The molecule has 0 bridgehead atoms. The number of isothiocyanates is 1. The third-order valence-electron chi connectivity index (χ3n) is 5.54. The molecule has 0 atom stereocenters. The highest BCUT2D eigenvalue weighted by Crippen LogP contribution is 2.44. The fourth-order valence-electron chi connectivity index (χ4n) is 4.01. The molecule has 2 aromatic carbocycles. The zero-order chi connectivity index (χ0) is 25.2. The number of imidazole rings is 1. The number of phenolic OH excluding ortho intramolecular Hbond substituents is 1. The van der Waals surface area contributed by atoms with Gasteiger partial charge in [-0.25, -0.2) is 19.5 Å². The normalized spacial score (nSPS) is 11.6. The predicted molar refractivity (Wildman–Crippen MR) is 137 cm³/mol. The molecule has 0 saturated heterocycles. The summed E-state index contributed by atoms with van der Waals surface area (Å²) in [6.45, 7) is 2.57. The van der Waals surface area contributed by atoms with Crippen LogP contribution in [0.4, 0.5) is 5.82 Å². The van der Waals surface area contributed by atoms with Gasteiger partial charge in [-0.2, -0.15) is 0 Å². The first kappa shape index (κ1) is 24.8. The number of anilines is 1. The summed E-state index contributed by atoms with van der Waals surface area (Å²) >= 11 is 4.66. The molecule has 0 saturated carbocycles. The number of aromatic nitrogens is 3. The largest absolute Gasteiger partial charge is 0.524 e. The van der Waals surface area contributed by atoms with E-state index in [1.54, 1.807) is 12.1 Å². The minimum Gasteiger partial charge on any atom is -0.504 e. The van der Waals surface area contributed by atoms with E-state index in [-0.39, 0.29) is 23.9 Å². The van der Waals surface area contributed by atoms with Crippen LogP contribution in [0.2, 0.25) is 0 Å². The number of phosphoric ester groups is 1. The molecular weight excluding hydrogens is 489 g/mol. The number of nitrogen functional groups attached to an aromatic ring is 1. The maximum Gasteiger partial charge on any atom is 0.524 e. The lowest BCUT2D eigenvalue weighted by molar-refractivity contribution is 0.276. The van der Waals surface area contributed by atoms with Crippen molar-refractivity contribution >= 4 is 53.0 Å².